The van der Waals surface area contributed by atoms with E-state index in [1.165, 1.54) is 51.1 Å². The van der Waals surface area contributed by atoms with Crippen LogP contribution in [0.2, 0.25) is 0 Å². The number of ketones is 2. The van der Waals surface area contributed by atoms with Crippen LogP contribution in [0.5, 0.6) is 17.2 Å². The van der Waals surface area contributed by atoms with Gasteiger partial charge in [0.05, 0.1) is 16.7 Å². The number of ether oxygens (including phenoxy) is 3. The van der Waals surface area contributed by atoms with E-state index in [1.807, 2.05) is 0 Å². The molecule has 9 heteroatoms. The molecule has 1 atom stereocenters. The van der Waals surface area contributed by atoms with Crippen LogP contribution in [0.4, 0.5) is 0 Å². The van der Waals surface area contributed by atoms with Crippen molar-refractivity contribution >= 4 is 23.5 Å². The summed E-state index contributed by atoms with van der Waals surface area (Å²) >= 11 is 0. The molecule has 9 nitrogen and oxygen atoms in total. The third-order valence-corrected chi connectivity index (χ3v) is 7.10. The number of Topliss-reactive ketones (excluding diaryl/α,β-unsaturated/α-hetero) is 2. The number of benzene rings is 3. The normalized spacial score (nSPS) is 17.1. The molecular formula is C32H24O9. The Balaban J connectivity index is 1.66. The molecular weight excluding hydrogens is 528 g/mol. The Morgan fingerprint density at radius 1 is 0.902 bits per heavy atom. The van der Waals surface area contributed by atoms with Crippen molar-refractivity contribution in [2.75, 3.05) is 0 Å². The lowest BCUT2D eigenvalue weighted by atomic mass is 9.71. The first-order valence-electron chi connectivity index (χ1n) is 12.5. The van der Waals surface area contributed by atoms with Crippen LogP contribution in [0, 0.1) is 6.92 Å². The topological polar surface area (TPSA) is 136 Å². The zero-order valence-corrected chi connectivity index (χ0v) is 22.3. The molecule has 0 spiro atoms. The summed E-state index contributed by atoms with van der Waals surface area (Å²) in [5.41, 5.74) is -2.07. The van der Waals surface area contributed by atoms with Crippen molar-refractivity contribution in [1.82, 2.24) is 0 Å². The molecule has 0 amide bonds. The number of rotatable bonds is 6. The Morgan fingerprint density at radius 2 is 1.46 bits per heavy atom. The third kappa shape index (κ3) is 4.28. The molecule has 3 aromatic carbocycles. The fraction of sp³-hybridized carbons (Fsp3) is 0.125. The highest BCUT2D eigenvalue weighted by Gasteiger charge is 2.56. The zero-order chi connectivity index (χ0) is 29.6. The van der Waals surface area contributed by atoms with Crippen molar-refractivity contribution < 1.29 is 43.6 Å². The van der Waals surface area contributed by atoms with Gasteiger partial charge < -0.3 is 24.4 Å². The first-order chi connectivity index (χ1) is 19.5. The van der Waals surface area contributed by atoms with Crippen LogP contribution >= 0.6 is 0 Å². The number of aromatic hydroxyl groups is 2. The molecule has 0 saturated heterocycles. The molecule has 2 aliphatic rings. The van der Waals surface area contributed by atoms with Crippen molar-refractivity contribution in [1.29, 1.82) is 0 Å². The van der Waals surface area contributed by atoms with E-state index >= 15 is 0 Å². The molecule has 0 aromatic heterocycles. The maximum atomic E-state index is 14.3. The van der Waals surface area contributed by atoms with Gasteiger partial charge in [0, 0.05) is 11.6 Å². The fourth-order valence-electron chi connectivity index (χ4n) is 4.88. The number of phenols is 2. The molecule has 2 N–H and O–H groups in total. The van der Waals surface area contributed by atoms with E-state index in [0.717, 1.165) is 0 Å². The summed E-state index contributed by atoms with van der Waals surface area (Å²) < 4.78 is 17.0. The summed E-state index contributed by atoms with van der Waals surface area (Å²) in [6.07, 6.45) is 1.24. The number of carbonyl (C=O) groups is 4. The van der Waals surface area contributed by atoms with Crippen LogP contribution in [0.3, 0.4) is 0 Å². The highest BCUT2D eigenvalue weighted by atomic mass is 16.6. The lowest BCUT2D eigenvalue weighted by molar-refractivity contribution is -0.119. The number of allylic oxidation sites excluding steroid dienone is 3. The fourth-order valence-corrected chi connectivity index (χ4v) is 4.88. The maximum Gasteiger partial charge on any atom is 0.343 e. The van der Waals surface area contributed by atoms with Crippen LogP contribution in [-0.4, -0.2) is 33.7 Å². The van der Waals surface area contributed by atoms with Gasteiger partial charge in [-0.25, -0.2) is 9.59 Å². The van der Waals surface area contributed by atoms with Gasteiger partial charge in [-0.05, 0) is 45.0 Å². The van der Waals surface area contributed by atoms with Crippen LogP contribution in [0.25, 0.3) is 0 Å². The molecule has 0 saturated carbocycles. The Morgan fingerprint density at radius 3 is 2.02 bits per heavy atom. The van der Waals surface area contributed by atoms with Crippen LogP contribution in [0.1, 0.15) is 56.0 Å². The Kier molecular flexibility index (Phi) is 6.58. The maximum absolute atomic E-state index is 14.3. The number of hydrogen-bond donors (Lipinski definition) is 2. The number of carbonyl (C=O) groups excluding carboxylic acids is 4. The average molecular weight is 553 g/mol. The SMILES string of the molecule is C=C(OC(=O)c1ccccc1)C1=C(OC(=O)c2ccccc2)C=C2Oc3c(C(C)=O)c(O)c(C)c(O)c3[C@@]2(C)C1=O. The first-order valence-corrected chi connectivity index (χ1v) is 12.5. The Hall–Kier alpha value is -5.44. The molecule has 0 fully saturated rings. The van der Waals surface area contributed by atoms with Gasteiger partial charge in [0.2, 0.25) is 0 Å². The van der Waals surface area contributed by atoms with Gasteiger partial charge in [0.15, 0.2) is 11.6 Å². The molecule has 206 valence electrons. The second kappa shape index (κ2) is 9.95. The van der Waals surface area contributed by atoms with E-state index in [4.69, 9.17) is 14.2 Å². The van der Waals surface area contributed by atoms with Crippen molar-refractivity contribution in [3.8, 4) is 17.2 Å². The molecule has 0 bridgehead atoms. The number of phenolic OH excluding ortho intramolecular Hbond substituents is 2. The monoisotopic (exact) mass is 552 g/mol. The molecule has 5 rings (SSSR count). The minimum atomic E-state index is -1.76. The summed E-state index contributed by atoms with van der Waals surface area (Å²) in [5, 5.41) is 21.7. The number of esters is 2. The van der Waals surface area contributed by atoms with Crippen molar-refractivity contribution in [2.45, 2.75) is 26.2 Å². The number of hydrogen-bond acceptors (Lipinski definition) is 9. The summed E-state index contributed by atoms with van der Waals surface area (Å²) in [7, 11) is 0. The molecule has 3 aromatic rings. The van der Waals surface area contributed by atoms with Gasteiger partial charge in [-0.1, -0.05) is 43.0 Å². The van der Waals surface area contributed by atoms with Crippen molar-refractivity contribution in [2.24, 2.45) is 0 Å². The van der Waals surface area contributed by atoms with Gasteiger partial charge in [0.1, 0.15) is 51.1 Å². The highest BCUT2D eigenvalue weighted by molar-refractivity contribution is 6.13. The van der Waals surface area contributed by atoms with E-state index in [0.29, 0.717) is 0 Å². The van der Waals surface area contributed by atoms with E-state index in [2.05, 4.69) is 6.58 Å². The van der Waals surface area contributed by atoms with E-state index in [1.54, 1.807) is 36.4 Å². The van der Waals surface area contributed by atoms with Crippen LogP contribution in [-0.2, 0) is 19.7 Å². The smallest absolute Gasteiger partial charge is 0.343 e. The second-order valence-electron chi connectivity index (χ2n) is 9.70. The van der Waals surface area contributed by atoms with Gasteiger partial charge in [-0.15, -0.1) is 0 Å². The quantitative estimate of drug-likeness (QED) is 0.240. The van der Waals surface area contributed by atoms with Crippen LogP contribution < -0.4 is 4.74 Å². The highest BCUT2D eigenvalue weighted by Crippen LogP contribution is 2.58. The van der Waals surface area contributed by atoms with E-state index in [-0.39, 0.29) is 50.7 Å². The minimum Gasteiger partial charge on any atom is -0.507 e. The van der Waals surface area contributed by atoms with Crippen molar-refractivity contribution in [3.05, 3.63) is 124 Å². The van der Waals surface area contributed by atoms with E-state index in [9.17, 15) is 29.4 Å². The minimum absolute atomic E-state index is 0.0333. The molecule has 1 heterocycles. The predicted octanol–water partition coefficient (Wildman–Crippen LogP) is 5.21. The third-order valence-electron chi connectivity index (χ3n) is 7.10. The Labute approximate surface area is 234 Å². The molecule has 0 radical (unpaired) electrons. The van der Waals surface area contributed by atoms with E-state index < -0.39 is 46.2 Å². The first kappa shape index (κ1) is 27.1. The van der Waals surface area contributed by atoms with Gasteiger partial charge in [-0.3, -0.25) is 9.59 Å². The average Bonchev–Trinajstić information content (AvgIpc) is 3.25. The summed E-state index contributed by atoms with van der Waals surface area (Å²) in [4.78, 5) is 52.7. The second-order valence-corrected chi connectivity index (χ2v) is 9.70. The predicted molar refractivity (Wildman–Crippen MR) is 145 cm³/mol. The van der Waals surface area contributed by atoms with Gasteiger partial charge in [0.25, 0.3) is 0 Å². The Bertz CT molecular complexity index is 1730. The summed E-state index contributed by atoms with van der Waals surface area (Å²) in [6, 6.07) is 16.0. The molecule has 0 unspecified atom stereocenters. The molecule has 1 aliphatic carbocycles. The summed E-state index contributed by atoms with van der Waals surface area (Å²) in [6.45, 7) is 7.82. The van der Waals surface area contributed by atoms with Gasteiger partial charge in [-0.2, -0.15) is 0 Å². The lowest BCUT2D eigenvalue weighted by Crippen LogP contribution is -2.38. The molecule has 41 heavy (non-hydrogen) atoms. The summed E-state index contributed by atoms with van der Waals surface area (Å²) in [5.74, 6) is -4.95. The molecule has 1 aliphatic heterocycles. The van der Waals surface area contributed by atoms with Gasteiger partial charge >= 0.3 is 11.9 Å². The van der Waals surface area contributed by atoms with Crippen LogP contribution in [0.15, 0.2) is 96.2 Å². The standard InChI is InChI=1S/C32H24O9/c1-16-26(34)23(17(2)33)28-25(27(16)35)32(4)22(41-28)15-21(40-31(38)20-13-9-6-10-14-20)24(29(32)36)18(3)39-30(37)19-11-7-5-8-12-19/h5-15,34-35H,3H2,1-2,4H3/t32-/m0/s1. The lowest BCUT2D eigenvalue weighted by Gasteiger charge is -2.30. The number of fused-ring (bicyclic) bond motifs is 3. The van der Waals surface area contributed by atoms with Crippen molar-refractivity contribution in [3.63, 3.8) is 0 Å². The largest absolute Gasteiger partial charge is 0.507 e. The zero-order valence-electron chi connectivity index (χ0n) is 22.3.